The van der Waals surface area contributed by atoms with Gasteiger partial charge in [-0.15, -0.1) is 0 Å². The molecule has 0 saturated carbocycles. The Labute approximate surface area is 89.3 Å². The largest absolute Gasteiger partial charge is 0.476 e. The van der Waals surface area contributed by atoms with E-state index in [1.54, 1.807) is 10.7 Å². The predicted octanol–water partition coefficient (Wildman–Crippen LogP) is 1.40. The van der Waals surface area contributed by atoms with E-state index in [1.165, 1.54) is 0 Å². The minimum Gasteiger partial charge on any atom is -0.476 e. The molecule has 0 saturated heterocycles. The molecule has 0 bridgehead atoms. The van der Waals surface area contributed by atoms with Gasteiger partial charge in [-0.25, -0.2) is 9.48 Å². The van der Waals surface area contributed by atoms with Crippen LogP contribution in [0.2, 0.25) is 0 Å². The first-order valence-electron chi connectivity index (χ1n) is 4.74. The van der Waals surface area contributed by atoms with E-state index in [1.807, 2.05) is 39.8 Å². The molecule has 84 valence electrons. The summed E-state index contributed by atoms with van der Waals surface area (Å²) in [6.45, 7) is 5.95. The van der Waals surface area contributed by atoms with E-state index in [0.29, 0.717) is 0 Å². The topological polar surface area (TPSA) is 58.4 Å². The molecule has 0 spiro atoms. The van der Waals surface area contributed by atoms with Gasteiger partial charge in [0.2, 0.25) is 0 Å². The van der Waals surface area contributed by atoms with Crippen LogP contribution in [-0.4, -0.2) is 35.0 Å². The Balaban J connectivity index is 3.30. The van der Waals surface area contributed by atoms with Crippen molar-refractivity contribution in [1.29, 1.82) is 0 Å². The smallest absolute Gasteiger partial charge is 0.356 e. The highest BCUT2D eigenvalue weighted by Crippen LogP contribution is 2.23. The first-order valence-corrected chi connectivity index (χ1v) is 4.74. The van der Waals surface area contributed by atoms with Gasteiger partial charge in [0, 0.05) is 20.2 Å². The van der Waals surface area contributed by atoms with Crippen molar-refractivity contribution in [2.24, 2.45) is 0 Å². The van der Waals surface area contributed by atoms with Gasteiger partial charge in [0.1, 0.15) is 5.82 Å². The van der Waals surface area contributed by atoms with Gasteiger partial charge in [-0.05, 0) is 20.8 Å². The maximum atomic E-state index is 10.8. The van der Waals surface area contributed by atoms with Gasteiger partial charge in [0.15, 0.2) is 5.69 Å². The molecule has 1 rings (SSSR count). The highest BCUT2D eigenvalue weighted by molar-refractivity contribution is 5.86. The lowest BCUT2D eigenvalue weighted by Gasteiger charge is -2.25. The summed E-state index contributed by atoms with van der Waals surface area (Å²) in [4.78, 5) is 12.7. The summed E-state index contributed by atoms with van der Waals surface area (Å²) in [5.74, 6) is -0.207. The van der Waals surface area contributed by atoms with Crippen LogP contribution >= 0.6 is 0 Å². The number of nitrogens with zero attached hydrogens (tertiary/aromatic N) is 3. The molecule has 1 aromatic rings. The van der Waals surface area contributed by atoms with Crippen LogP contribution in [0.15, 0.2) is 6.07 Å². The molecule has 1 N–H and O–H groups in total. The summed E-state index contributed by atoms with van der Waals surface area (Å²) in [5, 5.41) is 13.0. The van der Waals surface area contributed by atoms with Gasteiger partial charge in [-0.1, -0.05) is 0 Å². The minimum atomic E-state index is -0.999. The van der Waals surface area contributed by atoms with Crippen LogP contribution in [0.1, 0.15) is 31.3 Å². The monoisotopic (exact) mass is 211 g/mol. The highest BCUT2D eigenvalue weighted by atomic mass is 16.4. The molecule has 0 aliphatic rings. The number of rotatable bonds is 2. The number of aromatic nitrogens is 2. The molecular weight excluding hydrogens is 194 g/mol. The zero-order valence-electron chi connectivity index (χ0n) is 9.77. The van der Waals surface area contributed by atoms with Crippen LogP contribution in [0.25, 0.3) is 0 Å². The standard InChI is InChI=1S/C10H17N3O2/c1-10(2,3)13-8(12(4)5)6-7(11-13)9(14)15/h6H,1-5H3,(H,14,15). The van der Waals surface area contributed by atoms with Gasteiger partial charge < -0.3 is 10.0 Å². The maximum absolute atomic E-state index is 10.8. The normalized spacial score (nSPS) is 11.5. The van der Waals surface area contributed by atoms with Gasteiger partial charge in [0.05, 0.1) is 5.54 Å². The number of hydrogen-bond donors (Lipinski definition) is 1. The third kappa shape index (κ3) is 2.29. The third-order valence-corrected chi connectivity index (χ3v) is 2.00. The van der Waals surface area contributed by atoms with E-state index in [0.717, 1.165) is 5.82 Å². The van der Waals surface area contributed by atoms with E-state index in [4.69, 9.17) is 5.11 Å². The molecule has 1 aromatic heterocycles. The molecule has 0 radical (unpaired) electrons. The molecule has 0 atom stereocenters. The molecule has 1 heterocycles. The first-order chi connectivity index (χ1) is 6.73. The average molecular weight is 211 g/mol. The quantitative estimate of drug-likeness (QED) is 0.803. The van der Waals surface area contributed by atoms with Crippen LogP contribution in [-0.2, 0) is 5.54 Å². The second-order valence-electron chi connectivity index (χ2n) is 4.67. The number of carboxylic acid groups (broad SMARTS) is 1. The van der Waals surface area contributed by atoms with Crippen LogP contribution in [0.4, 0.5) is 5.82 Å². The van der Waals surface area contributed by atoms with Crippen molar-refractivity contribution >= 4 is 11.8 Å². The van der Waals surface area contributed by atoms with Crippen LogP contribution in [0, 0.1) is 0 Å². The van der Waals surface area contributed by atoms with Crippen LogP contribution < -0.4 is 4.90 Å². The fourth-order valence-corrected chi connectivity index (χ4v) is 1.29. The fraction of sp³-hybridized carbons (Fsp3) is 0.600. The lowest BCUT2D eigenvalue weighted by molar-refractivity contribution is 0.0688. The Morgan fingerprint density at radius 3 is 2.27 bits per heavy atom. The van der Waals surface area contributed by atoms with Gasteiger partial charge in [-0.3, -0.25) is 0 Å². The molecule has 0 aromatic carbocycles. The number of anilines is 1. The van der Waals surface area contributed by atoms with Crippen molar-refractivity contribution < 1.29 is 9.90 Å². The Morgan fingerprint density at radius 1 is 1.47 bits per heavy atom. The number of aromatic carboxylic acids is 1. The van der Waals surface area contributed by atoms with Crippen molar-refractivity contribution in [3.8, 4) is 0 Å². The second-order valence-corrected chi connectivity index (χ2v) is 4.67. The van der Waals surface area contributed by atoms with E-state index < -0.39 is 5.97 Å². The number of hydrogen-bond acceptors (Lipinski definition) is 3. The summed E-state index contributed by atoms with van der Waals surface area (Å²) in [7, 11) is 3.73. The molecule has 5 nitrogen and oxygen atoms in total. The summed E-state index contributed by atoms with van der Waals surface area (Å²) in [5.41, 5.74) is -0.151. The van der Waals surface area contributed by atoms with E-state index in [9.17, 15) is 4.79 Å². The Bertz CT molecular complexity index is 375. The third-order valence-electron chi connectivity index (χ3n) is 2.00. The van der Waals surface area contributed by atoms with Crippen molar-refractivity contribution in [3.05, 3.63) is 11.8 Å². The summed E-state index contributed by atoms with van der Waals surface area (Å²) < 4.78 is 1.72. The Morgan fingerprint density at radius 2 is 2.00 bits per heavy atom. The molecule has 5 heteroatoms. The molecule has 0 amide bonds. The number of carbonyl (C=O) groups is 1. The van der Waals surface area contributed by atoms with Gasteiger partial charge in [-0.2, -0.15) is 5.10 Å². The zero-order chi connectivity index (χ0) is 11.8. The van der Waals surface area contributed by atoms with Crippen molar-refractivity contribution in [2.45, 2.75) is 26.3 Å². The molecule has 0 fully saturated rings. The second kappa shape index (κ2) is 3.56. The van der Waals surface area contributed by atoms with Crippen molar-refractivity contribution in [1.82, 2.24) is 9.78 Å². The highest BCUT2D eigenvalue weighted by Gasteiger charge is 2.22. The van der Waals surface area contributed by atoms with E-state index >= 15 is 0 Å². The summed E-state index contributed by atoms with van der Waals surface area (Å²) in [6, 6.07) is 1.58. The predicted molar refractivity (Wildman–Crippen MR) is 58.5 cm³/mol. The number of carboxylic acids is 1. The molecule has 0 unspecified atom stereocenters. The zero-order valence-corrected chi connectivity index (χ0v) is 9.77. The first kappa shape index (κ1) is 11.6. The van der Waals surface area contributed by atoms with Gasteiger partial charge in [0.25, 0.3) is 0 Å². The Kier molecular flexibility index (Phi) is 2.75. The summed E-state index contributed by atoms with van der Waals surface area (Å²) >= 11 is 0. The van der Waals surface area contributed by atoms with E-state index in [-0.39, 0.29) is 11.2 Å². The molecule has 0 aliphatic heterocycles. The minimum absolute atomic E-state index is 0.0774. The lowest BCUT2D eigenvalue weighted by atomic mass is 10.1. The van der Waals surface area contributed by atoms with Crippen LogP contribution in [0.5, 0.6) is 0 Å². The van der Waals surface area contributed by atoms with Crippen LogP contribution in [0.3, 0.4) is 0 Å². The maximum Gasteiger partial charge on any atom is 0.356 e. The van der Waals surface area contributed by atoms with E-state index in [2.05, 4.69) is 5.10 Å². The van der Waals surface area contributed by atoms with Crippen molar-refractivity contribution in [2.75, 3.05) is 19.0 Å². The SMILES string of the molecule is CN(C)c1cc(C(=O)O)nn1C(C)(C)C. The van der Waals surface area contributed by atoms with Crippen molar-refractivity contribution in [3.63, 3.8) is 0 Å². The molecule has 0 aliphatic carbocycles. The average Bonchev–Trinajstić information content (AvgIpc) is 2.45. The Hall–Kier alpha value is -1.52. The lowest BCUT2D eigenvalue weighted by Crippen LogP contribution is -2.27. The molecule has 15 heavy (non-hydrogen) atoms. The summed E-state index contributed by atoms with van der Waals surface area (Å²) in [6.07, 6.45) is 0. The van der Waals surface area contributed by atoms with Gasteiger partial charge >= 0.3 is 5.97 Å². The fourth-order valence-electron chi connectivity index (χ4n) is 1.29. The molecular formula is C10H17N3O2.